The van der Waals surface area contributed by atoms with E-state index in [1.165, 1.54) is 43.0 Å². The van der Waals surface area contributed by atoms with E-state index in [0.717, 1.165) is 0 Å². The SMILES string of the molecule is O=[N+]([O-])c1ccc(C(O)c2cncnc2)cc1. The van der Waals surface area contributed by atoms with Crippen LogP contribution in [0.3, 0.4) is 0 Å². The lowest BCUT2D eigenvalue weighted by molar-refractivity contribution is -0.384. The van der Waals surface area contributed by atoms with Crippen LogP contribution in [-0.4, -0.2) is 20.0 Å². The molecule has 6 heteroatoms. The number of nitrogens with zero attached hydrogens (tertiary/aromatic N) is 3. The highest BCUT2D eigenvalue weighted by Gasteiger charge is 2.12. The van der Waals surface area contributed by atoms with E-state index in [4.69, 9.17) is 0 Å². The zero-order chi connectivity index (χ0) is 12.3. The number of aliphatic hydroxyl groups excluding tert-OH is 1. The second kappa shape index (κ2) is 4.67. The predicted molar refractivity (Wildman–Crippen MR) is 59.2 cm³/mol. The second-order valence-electron chi connectivity index (χ2n) is 3.42. The van der Waals surface area contributed by atoms with E-state index in [-0.39, 0.29) is 5.69 Å². The van der Waals surface area contributed by atoms with Gasteiger partial charge in [0.25, 0.3) is 5.69 Å². The Labute approximate surface area is 96.7 Å². The lowest BCUT2D eigenvalue weighted by Crippen LogP contribution is -2.01. The van der Waals surface area contributed by atoms with Crippen LogP contribution in [0.15, 0.2) is 43.0 Å². The number of rotatable bonds is 3. The topological polar surface area (TPSA) is 89.2 Å². The Bertz CT molecular complexity index is 513. The molecule has 1 unspecified atom stereocenters. The van der Waals surface area contributed by atoms with Gasteiger partial charge in [-0.25, -0.2) is 9.97 Å². The molecule has 2 rings (SSSR count). The summed E-state index contributed by atoms with van der Waals surface area (Å²) in [6.45, 7) is 0. The molecule has 6 nitrogen and oxygen atoms in total. The van der Waals surface area contributed by atoms with Gasteiger partial charge >= 0.3 is 0 Å². The van der Waals surface area contributed by atoms with Crippen LogP contribution in [-0.2, 0) is 0 Å². The van der Waals surface area contributed by atoms with Crippen molar-refractivity contribution in [2.75, 3.05) is 0 Å². The van der Waals surface area contributed by atoms with E-state index in [0.29, 0.717) is 11.1 Å². The van der Waals surface area contributed by atoms with Crippen LogP contribution < -0.4 is 0 Å². The van der Waals surface area contributed by atoms with Crippen molar-refractivity contribution >= 4 is 5.69 Å². The fourth-order valence-electron chi connectivity index (χ4n) is 1.42. The van der Waals surface area contributed by atoms with Crippen molar-refractivity contribution in [1.29, 1.82) is 0 Å². The Morgan fingerprint density at radius 2 is 1.71 bits per heavy atom. The molecular formula is C11H9N3O3. The first kappa shape index (κ1) is 11.2. The summed E-state index contributed by atoms with van der Waals surface area (Å²) in [6.07, 6.45) is 3.49. The fraction of sp³-hybridized carbons (Fsp3) is 0.0909. The third kappa shape index (κ3) is 2.43. The molecule has 0 fully saturated rings. The van der Waals surface area contributed by atoms with Crippen LogP contribution in [0.5, 0.6) is 0 Å². The Morgan fingerprint density at radius 1 is 1.12 bits per heavy atom. The molecule has 0 aliphatic heterocycles. The lowest BCUT2D eigenvalue weighted by atomic mass is 10.0. The Hall–Kier alpha value is -2.34. The van der Waals surface area contributed by atoms with Crippen molar-refractivity contribution in [2.24, 2.45) is 0 Å². The van der Waals surface area contributed by atoms with Crippen molar-refractivity contribution in [3.8, 4) is 0 Å². The standard InChI is InChI=1S/C11H9N3O3/c15-11(9-5-12-7-13-6-9)8-1-3-10(4-2-8)14(16)17/h1-7,11,15H. The Kier molecular flexibility index (Phi) is 3.06. The molecule has 0 saturated carbocycles. The summed E-state index contributed by atoms with van der Waals surface area (Å²) in [6, 6.07) is 5.72. The maximum Gasteiger partial charge on any atom is 0.269 e. The fourth-order valence-corrected chi connectivity index (χ4v) is 1.42. The van der Waals surface area contributed by atoms with Gasteiger partial charge in [-0.3, -0.25) is 10.1 Å². The predicted octanol–water partition coefficient (Wildman–Crippen LogP) is 1.47. The molecule has 86 valence electrons. The molecule has 2 aromatic rings. The molecule has 1 aromatic carbocycles. The van der Waals surface area contributed by atoms with Gasteiger partial charge in [0.15, 0.2) is 0 Å². The highest BCUT2D eigenvalue weighted by molar-refractivity contribution is 5.36. The van der Waals surface area contributed by atoms with E-state index >= 15 is 0 Å². The first-order valence-corrected chi connectivity index (χ1v) is 4.86. The van der Waals surface area contributed by atoms with Gasteiger partial charge in [0, 0.05) is 30.1 Å². The third-order valence-electron chi connectivity index (χ3n) is 2.32. The van der Waals surface area contributed by atoms with E-state index in [2.05, 4.69) is 9.97 Å². The van der Waals surface area contributed by atoms with Gasteiger partial charge in [0.2, 0.25) is 0 Å². The average Bonchev–Trinajstić information content (AvgIpc) is 2.39. The van der Waals surface area contributed by atoms with E-state index in [9.17, 15) is 15.2 Å². The van der Waals surface area contributed by atoms with Crippen molar-refractivity contribution in [3.63, 3.8) is 0 Å². The van der Waals surface area contributed by atoms with Crippen molar-refractivity contribution < 1.29 is 10.0 Å². The lowest BCUT2D eigenvalue weighted by Gasteiger charge is -2.09. The van der Waals surface area contributed by atoms with Gasteiger partial charge in [-0.1, -0.05) is 0 Å². The largest absolute Gasteiger partial charge is 0.384 e. The minimum Gasteiger partial charge on any atom is -0.384 e. The first-order valence-electron chi connectivity index (χ1n) is 4.86. The number of aliphatic hydroxyl groups is 1. The van der Waals surface area contributed by atoms with Gasteiger partial charge in [-0.05, 0) is 17.7 Å². The molecule has 17 heavy (non-hydrogen) atoms. The maximum absolute atomic E-state index is 10.5. The summed E-state index contributed by atoms with van der Waals surface area (Å²) < 4.78 is 0. The van der Waals surface area contributed by atoms with Crippen molar-refractivity contribution in [1.82, 2.24) is 9.97 Å². The molecule has 0 aliphatic carbocycles. The summed E-state index contributed by atoms with van der Waals surface area (Å²) in [7, 11) is 0. The highest BCUT2D eigenvalue weighted by Crippen LogP contribution is 2.22. The number of non-ortho nitro benzene ring substituents is 1. The maximum atomic E-state index is 10.5. The Morgan fingerprint density at radius 3 is 2.24 bits per heavy atom. The molecule has 0 aliphatic rings. The van der Waals surface area contributed by atoms with Gasteiger partial charge in [0.1, 0.15) is 12.4 Å². The normalized spacial score (nSPS) is 12.1. The number of aromatic nitrogens is 2. The smallest absolute Gasteiger partial charge is 0.269 e. The molecule has 0 radical (unpaired) electrons. The Balaban J connectivity index is 2.26. The van der Waals surface area contributed by atoms with Crippen LogP contribution in [0, 0.1) is 10.1 Å². The van der Waals surface area contributed by atoms with Gasteiger partial charge in [0.05, 0.1) is 4.92 Å². The quantitative estimate of drug-likeness (QED) is 0.638. The van der Waals surface area contributed by atoms with Gasteiger partial charge < -0.3 is 5.11 Å². The van der Waals surface area contributed by atoms with E-state index in [1.54, 1.807) is 0 Å². The van der Waals surface area contributed by atoms with Gasteiger partial charge in [-0.15, -0.1) is 0 Å². The minimum absolute atomic E-state index is 0.00902. The monoisotopic (exact) mass is 231 g/mol. The van der Waals surface area contributed by atoms with E-state index < -0.39 is 11.0 Å². The molecule has 0 spiro atoms. The molecule has 1 N–H and O–H groups in total. The molecule has 0 amide bonds. The highest BCUT2D eigenvalue weighted by atomic mass is 16.6. The molecule has 1 atom stereocenters. The number of hydrogen-bond acceptors (Lipinski definition) is 5. The third-order valence-corrected chi connectivity index (χ3v) is 2.32. The summed E-state index contributed by atoms with van der Waals surface area (Å²) in [5.41, 5.74) is 1.09. The number of benzene rings is 1. The molecular weight excluding hydrogens is 222 g/mol. The molecule has 1 heterocycles. The summed E-state index contributed by atoms with van der Waals surface area (Å²) >= 11 is 0. The molecule has 1 aromatic heterocycles. The molecule has 0 saturated heterocycles. The second-order valence-corrected chi connectivity index (χ2v) is 3.42. The zero-order valence-electron chi connectivity index (χ0n) is 8.72. The first-order chi connectivity index (χ1) is 8.18. The van der Waals surface area contributed by atoms with Crippen LogP contribution in [0.2, 0.25) is 0 Å². The van der Waals surface area contributed by atoms with Gasteiger partial charge in [-0.2, -0.15) is 0 Å². The summed E-state index contributed by atoms with van der Waals surface area (Å²) in [5.74, 6) is 0. The number of hydrogen-bond donors (Lipinski definition) is 1. The van der Waals surface area contributed by atoms with Crippen LogP contribution in [0.4, 0.5) is 5.69 Å². The van der Waals surface area contributed by atoms with Crippen LogP contribution >= 0.6 is 0 Å². The molecule has 0 bridgehead atoms. The summed E-state index contributed by atoms with van der Waals surface area (Å²) in [4.78, 5) is 17.6. The minimum atomic E-state index is -0.878. The van der Waals surface area contributed by atoms with Crippen LogP contribution in [0.1, 0.15) is 17.2 Å². The number of nitro groups is 1. The van der Waals surface area contributed by atoms with Crippen LogP contribution in [0.25, 0.3) is 0 Å². The van der Waals surface area contributed by atoms with Crippen molar-refractivity contribution in [3.05, 3.63) is 64.2 Å². The van der Waals surface area contributed by atoms with Crippen molar-refractivity contribution in [2.45, 2.75) is 6.10 Å². The summed E-state index contributed by atoms with van der Waals surface area (Å²) in [5, 5.41) is 20.4. The van der Waals surface area contributed by atoms with E-state index in [1.807, 2.05) is 0 Å². The zero-order valence-corrected chi connectivity index (χ0v) is 8.72. The average molecular weight is 231 g/mol. The number of nitro benzene ring substituents is 1.